The maximum atomic E-state index is 12.1. The summed E-state index contributed by atoms with van der Waals surface area (Å²) < 4.78 is 10.9. The van der Waals surface area contributed by atoms with Crippen molar-refractivity contribution in [1.82, 2.24) is 5.32 Å². The number of rotatable bonds is 7. The van der Waals surface area contributed by atoms with Gasteiger partial charge in [-0.25, -0.2) is 0 Å². The SMILES string of the molecule is COc1ccccc1OCCNC(=O)Cc1ccc2c(c1)CCC2. The fourth-order valence-corrected chi connectivity index (χ4v) is 3.07. The van der Waals surface area contributed by atoms with Gasteiger partial charge in [-0.15, -0.1) is 0 Å². The molecule has 4 heteroatoms. The number of methoxy groups -OCH3 is 1. The average molecular weight is 325 g/mol. The van der Waals surface area contributed by atoms with Crippen LogP contribution < -0.4 is 14.8 Å². The Bertz CT molecular complexity index is 712. The van der Waals surface area contributed by atoms with E-state index >= 15 is 0 Å². The third-order valence-corrected chi connectivity index (χ3v) is 4.28. The number of carbonyl (C=O) groups excluding carboxylic acids is 1. The van der Waals surface area contributed by atoms with Gasteiger partial charge < -0.3 is 14.8 Å². The summed E-state index contributed by atoms with van der Waals surface area (Å²) >= 11 is 0. The summed E-state index contributed by atoms with van der Waals surface area (Å²) in [6.07, 6.45) is 3.95. The van der Waals surface area contributed by atoms with Crippen LogP contribution in [-0.2, 0) is 24.1 Å². The molecular weight excluding hydrogens is 302 g/mol. The Hall–Kier alpha value is -2.49. The largest absolute Gasteiger partial charge is 0.493 e. The molecule has 0 fully saturated rings. The number of para-hydroxylation sites is 2. The van der Waals surface area contributed by atoms with E-state index in [-0.39, 0.29) is 5.91 Å². The Morgan fingerprint density at radius 1 is 1.08 bits per heavy atom. The van der Waals surface area contributed by atoms with Crippen LogP contribution in [0.25, 0.3) is 0 Å². The Labute approximate surface area is 142 Å². The van der Waals surface area contributed by atoms with E-state index in [2.05, 4.69) is 23.5 Å². The average Bonchev–Trinajstić information content (AvgIpc) is 3.07. The maximum absolute atomic E-state index is 12.1. The van der Waals surface area contributed by atoms with Gasteiger partial charge in [-0.1, -0.05) is 30.3 Å². The van der Waals surface area contributed by atoms with Gasteiger partial charge in [0.15, 0.2) is 11.5 Å². The van der Waals surface area contributed by atoms with Crippen LogP contribution in [0, 0.1) is 0 Å². The van der Waals surface area contributed by atoms with Crippen molar-refractivity contribution in [3.8, 4) is 11.5 Å². The van der Waals surface area contributed by atoms with Gasteiger partial charge in [0.1, 0.15) is 6.61 Å². The third-order valence-electron chi connectivity index (χ3n) is 4.28. The van der Waals surface area contributed by atoms with Gasteiger partial charge in [-0.3, -0.25) is 4.79 Å². The molecule has 1 aliphatic carbocycles. The number of nitrogens with one attached hydrogen (secondary N) is 1. The van der Waals surface area contributed by atoms with Gasteiger partial charge in [0.05, 0.1) is 20.1 Å². The van der Waals surface area contributed by atoms with Crippen molar-refractivity contribution >= 4 is 5.91 Å². The first-order valence-electron chi connectivity index (χ1n) is 8.39. The number of carbonyl (C=O) groups is 1. The molecule has 0 atom stereocenters. The highest BCUT2D eigenvalue weighted by molar-refractivity contribution is 5.78. The van der Waals surface area contributed by atoms with E-state index in [1.165, 1.54) is 24.0 Å². The minimum atomic E-state index is 0.0246. The van der Waals surface area contributed by atoms with Crippen molar-refractivity contribution in [1.29, 1.82) is 0 Å². The first-order valence-corrected chi connectivity index (χ1v) is 8.39. The van der Waals surface area contributed by atoms with Crippen molar-refractivity contribution in [3.63, 3.8) is 0 Å². The van der Waals surface area contributed by atoms with Crippen LogP contribution >= 0.6 is 0 Å². The smallest absolute Gasteiger partial charge is 0.224 e. The molecule has 0 unspecified atom stereocenters. The number of benzene rings is 2. The van der Waals surface area contributed by atoms with Crippen LogP contribution in [0.5, 0.6) is 11.5 Å². The van der Waals surface area contributed by atoms with E-state index in [0.29, 0.717) is 31.1 Å². The molecule has 0 heterocycles. The van der Waals surface area contributed by atoms with Crippen LogP contribution in [0.15, 0.2) is 42.5 Å². The van der Waals surface area contributed by atoms with E-state index in [1.807, 2.05) is 24.3 Å². The second-order valence-corrected chi connectivity index (χ2v) is 5.98. The molecule has 1 aliphatic rings. The summed E-state index contributed by atoms with van der Waals surface area (Å²) in [6, 6.07) is 13.9. The normalized spacial score (nSPS) is 12.5. The summed E-state index contributed by atoms with van der Waals surface area (Å²) in [5, 5.41) is 2.90. The van der Waals surface area contributed by atoms with Crippen molar-refractivity contribution in [3.05, 3.63) is 59.2 Å². The maximum Gasteiger partial charge on any atom is 0.224 e. The monoisotopic (exact) mass is 325 g/mol. The van der Waals surface area contributed by atoms with Crippen molar-refractivity contribution in [2.75, 3.05) is 20.3 Å². The van der Waals surface area contributed by atoms with Gasteiger partial charge >= 0.3 is 0 Å². The molecule has 0 spiro atoms. The summed E-state index contributed by atoms with van der Waals surface area (Å²) in [7, 11) is 1.61. The van der Waals surface area contributed by atoms with Gasteiger partial charge in [0, 0.05) is 0 Å². The lowest BCUT2D eigenvalue weighted by atomic mass is 10.0. The molecule has 2 aromatic rings. The van der Waals surface area contributed by atoms with Crippen LogP contribution in [0.4, 0.5) is 0 Å². The molecule has 24 heavy (non-hydrogen) atoms. The summed E-state index contributed by atoms with van der Waals surface area (Å²) in [4.78, 5) is 12.1. The van der Waals surface area contributed by atoms with Crippen LogP contribution in [0.3, 0.4) is 0 Å². The van der Waals surface area contributed by atoms with Crippen LogP contribution in [0.2, 0.25) is 0 Å². The number of hydrogen-bond acceptors (Lipinski definition) is 3. The Morgan fingerprint density at radius 2 is 1.88 bits per heavy atom. The molecule has 4 nitrogen and oxygen atoms in total. The van der Waals surface area contributed by atoms with Crippen LogP contribution in [0.1, 0.15) is 23.1 Å². The molecule has 0 saturated carbocycles. The highest BCUT2D eigenvalue weighted by atomic mass is 16.5. The van der Waals surface area contributed by atoms with E-state index in [1.54, 1.807) is 7.11 Å². The molecule has 0 aromatic heterocycles. The molecule has 1 N–H and O–H groups in total. The van der Waals surface area contributed by atoms with Crippen molar-refractivity contribution < 1.29 is 14.3 Å². The minimum Gasteiger partial charge on any atom is -0.493 e. The Morgan fingerprint density at radius 3 is 2.71 bits per heavy atom. The zero-order chi connectivity index (χ0) is 16.8. The Kier molecular flexibility index (Phi) is 5.36. The molecule has 0 saturated heterocycles. The van der Waals surface area contributed by atoms with Crippen molar-refractivity contribution in [2.24, 2.45) is 0 Å². The van der Waals surface area contributed by atoms with Gasteiger partial charge in [-0.2, -0.15) is 0 Å². The predicted octanol–water partition coefficient (Wildman–Crippen LogP) is 2.92. The summed E-state index contributed by atoms with van der Waals surface area (Å²) in [5.74, 6) is 1.41. The second kappa shape index (κ2) is 7.86. The zero-order valence-electron chi connectivity index (χ0n) is 14.0. The van der Waals surface area contributed by atoms with E-state index < -0.39 is 0 Å². The lowest BCUT2D eigenvalue weighted by Crippen LogP contribution is -2.29. The van der Waals surface area contributed by atoms with Gasteiger partial charge in [-0.05, 0) is 48.1 Å². The molecular formula is C20H23NO3. The Balaban J connectivity index is 1.43. The fraction of sp³-hybridized carbons (Fsp3) is 0.350. The van der Waals surface area contributed by atoms with E-state index in [0.717, 1.165) is 12.0 Å². The van der Waals surface area contributed by atoms with E-state index in [4.69, 9.17) is 9.47 Å². The highest BCUT2D eigenvalue weighted by Gasteiger charge is 2.12. The quantitative estimate of drug-likeness (QED) is 0.796. The molecule has 1 amide bonds. The van der Waals surface area contributed by atoms with Crippen LogP contribution in [-0.4, -0.2) is 26.2 Å². The molecule has 0 radical (unpaired) electrons. The zero-order valence-corrected chi connectivity index (χ0v) is 14.0. The summed E-state index contributed by atoms with van der Waals surface area (Å²) in [5.41, 5.74) is 3.92. The highest BCUT2D eigenvalue weighted by Crippen LogP contribution is 2.25. The lowest BCUT2D eigenvalue weighted by molar-refractivity contribution is -0.120. The van der Waals surface area contributed by atoms with Crippen molar-refractivity contribution in [2.45, 2.75) is 25.7 Å². The molecule has 2 aromatic carbocycles. The standard InChI is InChI=1S/C20H23NO3/c1-23-18-7-2-3-8-19(18)24-12-11-21-20(22)14-15-9-10-16-5-4-6-17(16)13-15/h2-3,7-10,13H,4-6,11-12,14H2,1H3,(H,21,22). The number of ether oxygens (including phenoxy) is 2. The topological polar surface area (TPSA) is 47.6 Å². The van der Waals surface area contributed by atoms with Gasteiger partial charge in [0.2, 0.25) is 5.91 Å². The van der Waals surface area contributed by atoms with E-state index in [9.17, 15) is 4.79 Å². The number of amides is 1. The first kappa shape index (κ1) is 16.4. The number of aryl methyl sites for hydroxylation is 2. The summed E-state index contributed by atoms with van der Waals surface area (Å²) in [6.45, 7) is 0.887. The lowest BCUT2D eigenvalue weighted by Gasteiger charge is -2.11. The number of hydrogen-bond donors (Lipinski definition) is 1. The first-order chi connectivity index (χ1) is 11.8. The third kappa shape index (κ3) is 4.07. The second-order valence-electron chi connectivity index (χ2n) is 5.98. The predicted molar refractivity (Wildman–Crippen MR) is 93.7 cm³/mol. The molecule has 126 valence electrons. The van der Waals surface area contributed by atoms with Gasteiger partial charge in [0.25, 0.3) is 0 Å². The number of fused-ring (bicyclic) bond motifs is 1. The fourth-order valence-electron chi connectivity index (χ4n) is 3.07. The molecule has 3 rings (SSSR count). The minimum absolute atomic E-state index is 0.0246. The molecule has 0 aliphatic heterocycles. The molecule has 0 bridgehead atoms.